The van der Waals surface area contributed by atoms with Gasteiger partial charge in [-0.3, -0.25) is 4.79 Å². The lowest BCUT2D eigenvalue weighted by Gasteiger charge is -2.22. The standard InChI is InChI=1S/C20H28ClN3O/c1-7-16(8-2)24-11-17(21)23-19(20(24)25)22-15(6)18-13(4)9-12(3)10-14(18)5/h9-11,15-16H,7-8H2,1-6H3,(H,22,23). The normalized spacial score (nSPS) is 12.5. The van der Waals surface area contributed by atoms with Gasteiger partial charge in [-0.25, -0.2) is 4.98 Å². The van der Waals surface area contributed by atoms with E-state index in [0.717, 1.165) is 12.8 Å². The van der Waals surface area contributed by atoms with Gasteiger partial charge < -0.3 is 9.88 Å². The molecule has 1 heterocycles. The molecular weight excluding hydrogens is 334 g/mol. The van der Waals surface area contributed by atoms with Gasteiger partial charge in [0.1, 0.15) is 5.15 Å². The van der Waals surface area contributed by atoms with Gasteiger partial charge in [-0.15, -0.1) is 0 Å². The first-order valence-electron chi connectivity index (χ1n) is 8.91. The Kier molecular flexibility index (Phi) is 6.28. The minimum Gasteiger partial charge on any atom is -0.359 e. The summed E-state index contributed by atoms with van der Waals surface area (Å²) in [6.07, 6.45) is 3.39. The number of benzene rings is 1. The zero-order valence-electron chi connectivity index (χ0n) is 16.0. The summed E-state index contributed by atoms with van der Waals surface area (Å²) in [5.74, 6) is 0.311. The van der Waals surface area contributed by atoms with E-state index in [1.807, 2.05) is 6.92 Å². The van der Waals surface area contributed by atoms with Crippen LogP contribution < -0.4 is 10.9 Å². The van der Waals surface area contributed by atoms with Crippen molar-refractivity contribution in [2.24, 2.45) is 0 Å². The Balaban J connectivity index is 2.42. The number of hydrogen-bond acceptors (Lipinski definition) is 3. The molecule has 25 heavy (non-hydrogen) atoms. The Morgan fingerprint density at radius 2 is 1.72 bits per heavy atom. The van der Waals surface area contributed by atoms with Gasteiger partial charge in [-0.05, 0) is 57.2 Å². The summed E-state index contributed by atoms with van der Waals surface area (Å²) >= 11 is 6.18. The molecule has 1 unspecified atom stereocenters. The van der Waals surface area contributed by atoms with Crippen LogP contribution in [0.3, 0.4) is 0 Å². The second-order valence-corrected chi connectivity index (χ2v) is 7.16. The van der Waals surface area contributed by atoms with Crippen molar-refractivity contribution in [2.45, 2.75) is 66.5 Å². The summed E-state index contributed by atoms with van der Waals surface area (Å²) in [5.41, 5.74) is 4.73. The molecule has 0 radical (unpaired) electrons. The Bertz CT molecular complexity index is 786. The third kappa shape index (κ3) is 4.24. The van der Waals surface area contributed by atoms with Crippen LogP contribution >= 0.6 is 11.6 Å². The Morgan fingerprint density at radius 1 is 1.16 bits per heavy atom. The smallest absolute Gasteiger partial charge is 0.293 e. The van der Waals surface area contributed by atoms with E-state index < -0.39 is 0 Å². The van der Waals surface area contributed by atoms with E-state index in [2.05, 4.69) is 57.1 Å². The lowest BCUT2D eigenvalue weighted by atomic mass is 9.95. The topological polar surface area (TPSA) is 46.9 Å². The van der Waals surface area contributed by atoms with Crippen LogP contribution in [0.15, 0.2) is 23.1 Å². The van der Waals surface area contributed by atoms with Crippen LogP contribution in [-0.4, -0.2) is 9.55 Å². The highest BCUT2D eigenvalue weighted by Gasteiger charge is 2.18. The molecule has 136 valence electrons. The zero-order chi connectivity index (χ0) is 18.7. The summed E-state index contributed by atoms with van der Waals surface area (Å²) < 4.78 is 1.71. The minimum absolute atomic E-state index is 0.0329. The summed E-state index contributed by atoms with van der Waals surface area (Å²) in [7, 11) is 0. The van der Waals surface area contributed by atoms with Gasteiger partial charge in [-0.2, -0.15) is 0 Å². The molecule has 4 nitrogen and oxygen atoms in total. The lowest BCUT2D eigenvalue weighted by Crippen LogP contribution is -2.28. The molecule has 0 aliphatic carbocycles. The monoisotopic (exact) mass is 361 g/mol. The predicted octanol–water partition coefficient (Wildman–Crippen LogP) is 5.36. The predicted molar refractivity (Wildman–Crippen MR) is 106 cm³/mol. The fourth-order valence-corrected chi connectivity index (χ4v) is 3.87. The van der Waals surface area contributed by atoms with Gasteiger partial charge >= 0.3 is 0 Å². The van der Waals surface area contributed by atoms with Crippen LogP contribution in [0.5, 0.6) is 0 Å². The number of rotatable bonds is 6. The quantitative estimate of drug-likeness (QED) is 0.753. The molecule has 0 aliphatic heterocycles. The largest absolute Gasteiger partial charge is 0.359 e. The summed E-state index contributed by atoms with van der Waals surface area (Å²) in [5, 5.41) is 3.61. The van der Waals surface area contributed by atoms with Gasteiger partial charge in [0.05, 0.1) is 6.04 Å². The van der Waals surface area contributed by atoms with Gasteiger partial charge in [0.25, 0.3) is 5.56 Å². The molecule has 0 spiro atoms. The van der Waals surface area contributed by atoms with Crippen molar-refractivity contribution in [1.29, 1.82) is 0 Å². The number of hydrogen-bond donors (Lipinski definition) is 1. The molecule has 0 amide bonds. The highest BCUT2D eigenvalue weighted by molar-refractivity contribution is 6.29. The highest BCUT2D eigenvalue weighted by Crippen LogP contribution is 2.26. The lowest BCUT2D eigenvalue weighted by molar-refractivity contribution is 0.457. The molecule has 0 fully saturated rings. The van der Waals surface area contributed by atoms with Crippen molar-refractivity contribution in [3.05, 3.63) is 56.1 Å². The van der Waals surface area contributed by atoms with E-state index >= 15 is 0 Å². The maximum absolute atomic E-state index is 12.9. The second kappa shape index (κ2) is 8.05. The van der Waals surface area contributed by atoms with Gasteiger partial charge in [0.2, 0.25) is 0 Å². The van der Waals surface area contributed by atoms with Crippen LogP contribution in [0.25, 0.3) is 0 Å². The molecule has 1 atom stereocenters. The molecule has 2 rings (SSSR count). The average Bonchev–Trinajstić information content (AvgIpc) is 2.51. The van der Waals surface area contributed by atoms with E-state index in [-0.39, 0.29) is 17.6 Å². The molecule has 1 N–H and O–H groups in total. The van der Waals surface area contributed by atoms with Crippen molar-refractivity contribution < 1.29 is 0 Å². The molecule has 1 aromatic carbocycles. The van der Waals surface area contributed by atoms with Crippen molar-refractivity contribution in [2.75, 3.05) is 5.32 Å². The van der Waals surface area contributed by atoms with Crippen LogP contribution in [0.1, 0.15) is 68.0 Å². The number of halogens is 1. The third-order valence-corrected chi connectivity index (χ3v) is 4.94. The molecule has 0 saturated carbocycles. The number of aryl methyl sites for hydroxylation is 3. The number of nitrogens with zero attached hydrogens (tertiary/aromatic N) is 2. The van der Waals surface area contributed by atoms with Gasteiger partial charge in [0.15, 0.2) is 5.82 Å². The van der Waals surface area contributed by atoms with Crippen LogP contribution in [0.2, 0.25) is 5.15 Å². The number of aromatic nitrogens is 2. The van der Waals surface area contributed by atoms with E-state index in [0.29, 0.717) is 11.0 Å². The zero-order valence-corrected chi connectivity index (χ0v) is 16.7. The first-order valence-corrected chi connectivity index (χ1v) is 9.29. The third-order valence-electron chi connectivity index (χ3n) is 4.76. The van der Waals surface area contributed by atoms with Crippen LogP contribution in [0.4, 0.5) is 5.82 Å². The Morgan fingerprint density at radius 3 is 2.24 bits per heavy atom. The summed E-state index contributed by atoms with van der Waals surface area (Å²) in [4.78, 5) is 17.1. The van der Waals surface area contributed by atoms with Crippen molar-refractivity contribution in [1.82, 2.24) is 9.55 Å². The molecule has 0 aliphatic rings. The van der Waals surface area contributed by atoms with E-state index in [1.165, 1.54) is 22.3 Å². The van der Waals surface area contributed by atoms with Crippen LogP contribution in [0, 0.1) is 20.8 Å². The Hall–Kier alpha value is -1.81. The van der Waals surface area contributed by atoms with E-state index in [4.69, 9.17) is 11.6 Å². The molecule has 0 bridgehead atoms. The van der Waals surface area contributed by atoms with E-state index in [1.54, 1.807) is 10.8 Å². The molecule has 2 aromatic rings. The molecule has 5 heteroatoms. The van der Waals surface area contributed by atoms with E-state index in [9.17, 15) is 4.79 Å². The van der Waals surface area contributed by atoms with Crippen molar-refractivity contribution >= 4 is 17.4 Å². The van der Waals surface area contributed by atoms with Crippen molar-refractivity contribution in [3.63, 3.8) is 0 Å². The maximum atomic E-state index is 12.9. The Labute approximate surface area is 155 Å². The van der Waals surface area contributed by atoms with Gasteiger partial charge in [0, 0.05) is 12.2 Å². The fraction of sp³-hybridized carbons (Fsp3) is 0.500. The van der Waals surface area contributed by atoms with Crippen LogP contribution in [-0.2, 0) is 0 Å². The summed E-state index contributed by atoms with van der Waals surface area (Å²) in [6.45, 7) is 12.5. The average molecular weight is 362 g/mol. The van der Waals surface area contributed by atoms with Crippen molar-refractivity contribution in [3.8, 4) is 0 Å². The first kappa shape index (κ1) is 19.5. The second-order valence-electron chi connectivity index (χ2n) is 6.77. The SMILES string of the molecule is CCC(CC)n1cc(Cl)nc(NC(C)c2c(C)cc(C)cc2C)c1=O. The summed E-state index contributed by atoms with van der Waals surface area (Å²) in [6, 6.07) is 4.42. The number of anilines is 1. The highest BCUT2D eigenvalue weighted by atomic mass is 35.5. The first-order chi connectivity index (χ1) is 11.8. The fourth-order valence-electron chi connectivity index (χ4n) is 3.68. The van der Waals surface area contributed by atoms with Gasteiger partial charge in [-0.1, -0.05) is 43.1 Å². The maximum Gasteiger partial charge on any atom is 0.293 e. The minimum atomic E-state index is -0.118. The molecule has 0 saturated heterocycles. The molecular formula is C20H28ClN3O. The number of nitrogens with one attached hydrogen (secondary N) is 1. The molecule has 1 aromatic heterocycles.